The predicted octanol–water partition coefficient (Wildman–Crippen LogP) is 0.297. The van der Waals surface area contributed by atoms with E-state index in [1.807, 2.05) is 24.3 Å². The van der Waals surface area contributed by atoms with Gasteiger partial charge in [-0.1, -0.05) is 18.2 Å². The summed E-state index contributed by atoms with van der Waals surface area (Å²) >= 11 is 0. The Balaban J connectivity index is 0.000000640. The van der Waals surface area contributed by atoms with Crippen molar-refractivity contribution in [3.63, 3.8) is 0 Å². The number of benzene rings is 1. The van der Waals surface area contributed by atoms with Crippen molar-refractivity contribution in [1.29, 1.82) is 0 Å². The summed E-state index contributed by atoms with van der Waals surface area (Å²) in [7, 11) is 0. The van der Waals surface area contributed by atoms with Crippen molar-refractivity contribution in [3.8, 4) is 0 Å². The normalized spacial score (nSPS) is 8.11. The van der Waals surface area contributed by atoms with Crippen LogP contribution in [-0.4, -0.2) is 51.4 Å². The molecule has 0 heterocycles. The Kier molecular flexibility index (Phi) is 6.10. The number of hydrogen-bond donors (Lipinski definition) is 1. The predicted molar refractivity (Wildman–Crippen MR) is 40.3 cm³/mol. The van der Waals surface area contributed by atoms with Gasteiger partial charge in [0.25, 0.3) is 0 Å². The zero-order valence-corrected chi connectivity index (χ0v) is 4.59. The van der Waals surface area contributed by atoms with E-state index in [-0.39, 0.29) is 51.4 Å². The molecule has 2 N–H and O–H groups in total. The Morgan fingerprint density at radius 2 is 2.33 bits per heavy atom. The molecule has 0 saturated carbocycles. The molecule has 0 atom stereocenters. The first-order chi connectivity index (χ1) is 3.93. The number of hydrogen-bond acceptors (Lipinski definition) is 1. The van der Waals surface area contributed by atoms with Crippen LogP contribution in [0.25, 0.3) is 0 Å². The van der Waals surface area contributed by atoms with Crippen LogP contribution >= 0.6 is 0 Å². The van der Waals surface area contributed by atoms with Crippen LogP contribution in [0.15, 0.2) is 24.3 Å². The Morgan fingerprint density at radius 1 is 1.56 bits per heavy atom. The fourth-order valence-corrected chi connectivity index (χ4v) is 0.557. The molecule has 2 heteroatoms. The van der Waals surface area contributed by atoms with Gasteiger partial charge in [0.15, 0.2) is 0 Å². The topological polar surface area (TPSA) is 26.0 Å². The van der Waals surface area contributed by atoms with Gasteiger partial charge >= 0.3 is 51.4 Å². The quantitative estimate of drug-likeness (QED) is 0.566. The summed E-state index contributed by atoms with van der Waals surface area (Å²) in [6, 6.07) is 10.6. The SMILES string of the molecule is NCc1c[c]ccc1.[KH]. The van der Waals surface area contributed by atoms with Crippen LogP contribution in [-0.2, 0) is 6.54 Å². The standard InChI is InChI=1S/C7H8N.K.H/c8-6-7-4-2-1-3-5-7;;/h1-2,4-5H,6,8H2;;. The molecule has 1 aromatic rings. The van der Waals surface area contributed by atoms with Crippen molar-refractivity contribution in [2.45, 2.75) is 6.54 Å². The van der Waals surface area contributed by atoms with E-state index in [9.17, 15) is 0 Å². The van der Waals surface area contributed by atoms with Gasteiger partial charge in [-0.2, -0.15) is 0 Å². The van der Waals surface area contributed by atoms with Crippen LogP contribution in [0.4, 0.5) is 0 Å². The summed E-state index contributed by atoms with van der Waals surface area (Å²) in [5.41, 5.74) is 6.46. The van der Waals surface area contributed by atoms with E-state index in [2.05, 4.69) is 6.07 Å². The van der Waals surface area contributed by atoms with E-state index in [1.165, 1.54) is 0 Å². The summed E-state index contributed by atoms with van der Waals surface area (Å²) in [6.45, 7) is 0.608. The van der Waals surface area contributed by atoms with Gasteiger partial charge in [0.1, 0.15) is 0 Å². The van der Waals surface area contributed by atoms with Gasteiger partial charge in [0, 0.05) is 6.54 Å². The third-order valence-electron chi connectivity index (χ3n) is 1.01. The number of nitrogens with two attached hydrogens (primary N) is 1. The zero-order valence-electron chi connectivity index (χ0n) is 4.59. The second-order valence-corrected chi connectivity index (χ2v) is 1.62. The van der Waals surface area contributed by atoms with Crippen molar-refractivity contribution in [2.24, 2.45) is 5.73 Å². The van der Waals surface area contributed by atoms with Crippen molar-refractivity contribution in [2.75, 3.05) is 0 Å². The molecule has 0 amide bonds. The summed E-state index contributed by atoms with van der Waals surface area (Å²) < 4.78 is 0. The maximum atomic E-state index is 5.33. The zero-order chi connectivity index (χ0) is 5.82. The molecule has 1 aromatic carbocycles. The molecule has 0 fully saturated rings. The fraction of sp³-hybridized carbons (Fsp3) is 0.143. The summed E-state index contributed by atoms with van der Waals surface area (Å²) in [5.74, 6) is 0. The van der Waals surface area contributed by atoms with E-state index in [0.29, 0.717) is 6.54 Å². The molecule has 43 valence electrons. The van der Waals surface area contributed by atoms with Gasteiger partial charge in [-0.25, -0.2) is 0 Å². The van der Waals surface area contributed by atoms with E-state index in [4.69, 9.17) is 5.73 Å². The summed E-state index contributed by atoms with van der Waals surface area (Å²) in [5, 5.41) is 0. The maximum absolute atomic E-state index is 5.33. The molecule has 1 rings (SSSR count). The monoisotopic (exact) mass is 146 g/mol. The van der Waals surface area contributed by atoms with Gasteiger partial charge in [-0.3, -0.25) is 0 Å². The van der Waals surface area contributed by atoms with E-state index >= 15 is 0 Å². The Hall–Kier alpha value is 0.816. The Morgan fingerprint density at radius 3 is 2.67 bits per heavy atom. The van der Waals surface area contributed by atoms with Crippen molar-refractivity contribution in [1.82, 2.24) is 0 Å². The third-order valence-corrected chi connectivity index (χ3v) is 1.01. The molecule has 0 bridgehead atoms. The van der Waals surface area contributed by atoms with Crippen LogP contribution in [0.5, 0.6) is 0 Å². The molecule has 0 aliphatic heterocycles. The first-order valence-electron chi connectivity index (χ1n) is 2.58. The second-order valence-electron chi connectivity index (χ2n) is 1.62. The van der Waals surface area contributed by atoms with Crippen LogP contribution < -0.4 is 5.73 Å². The Labute approximate surface area is 98.1 Å². The summed E-state index contributed by atoms with van der Waals surface area (Å²) in [4.78, 5) is 0. The minimum atomic E-state index is 0. The Bertz CT molecular complexity index is 150. The van der Waals surface area contributed by atoms with E-state index in [1.54, 1.807) is 0 Å². The second kappa shape index (κ2) is 5.59. The van der Waals surface area contributed by atoms with E-state index < -0.39 is 0 Å². The molecule has 0 spiro atoms. The van der Waals surface area contributed by atoms with E-state index in [0.717, 1.165) is 5.56 Å². The molecule has 9 heavy (non-hydrogen) atoms. The van der Waals surface area contributed by atoms with Crippen LogP contribution in [0.2, 0.25) is 0 Å². The minimum absolute atomic E-state index is 0. The fourth-order valence-electron chi connectivity index (χ4n) is 0.557. The first-order valence-corrected chi connectivity index (χ1v) is 2.58. The molecular formula is C7H9KN. The number of rotatable bonds is 1. The van der Waals surface area contributed by atoms with Crippen molar-refractivity contribution < 1.29 is 0 Å². The van der Waals surface area contributed by atoms with Gasteiger partial charge < -0.3 is 5.73 Å². The van der Waals surface area contributed by atoms with Crippen LogP contribution in [0, 0.1) is 6.07 Å². The average molecular weight is 146 g/mol. The molecule has 1 nitrogen and oxygen atoms in total. The van der Waals surface area contributed by atoms with Crippen LogP contribution in [0.3, 0.4) is 0 Å². The van der Waals surface area contributed by atoms with Gasteiger partial charge in [-0.05, 0) is 17.7 Å². The van der Waals surface area contributed by atoms with Crippen molar-refractivity contribution in [3.05, 3.63) is 35.9 Å². The molecule has 0 aliphatic carbocycles. The van der Waals surface area contributed by atoms with Crippen molar-refractivity contribution >= 4 is 51.4 Å². The molecule has 0 unspecified atom stereocenters. The van der Waals surface area contributed by atoms with Crippen LogP contribution in [0.1, 0.15) is 5.56 Å². The van der Waals surface area contributed by atoms with Gasteiger partial charge in [0.05, 0.1) is 0 Å². The third kappa shape index (κ3) is 3.50. The molecule has 0 aromatic heterocycles. The molecule has 0 saturated heterocycles. The summed E-state index contributed by atoms with van der Waals surface area (Å²) in [6.07, 6.45) is 0. The van der Waals surface area contributed by atoms with Gasteiger partial charge in [-0.15, -0.1) is 0 Å². The molecular weight excluding hydrogens is 137 g/mol. The molecule has 0 aliphatic rings. The average Bonchev–Trinajstić information content (AvgIpc) is 1.90. The van der Waals surface area contributed by atoms with Gasteiger partial charge in [0.2, 0.25) is 0 Å². The molecule has 1 radical (unpaired) electrons. The first kappa shape index (κ1) is 9.82.